The first-order valence-electron chi connectivity index (χ1n) is 6.20. The molecular weight excluding hydrogens is 296 g/mol. The van der Waals surface area contributed by atoms with Crippen LogP contribution in [0, 0.1) is 5.92 Å². The molecule has 0 amide bonds. The summed E-state index contributed by atoms with van der Waals surface area (Å²) in [7, 11) is 0. The van der Waals surface area contributed by atoms with E-state index >= 15 is 0 Å². The third kappa shape index (κ3) is 1.88. The number of Topliss-reactive ketones (excluding diaryl/α,β-unsaturated/α-hetero) is 1. The monoisotopic (exact) mass is 310 g/mol. The predicted octanol–water partition coefficient (Wildman–Crippen LogP) is 3.21. The Labute approximate surface area is 115 Å². The van der Waals surface area contributed by atoms with Crippen LogP contribution < -0.4 is 4.74 Å². The van der Waals surface area contributed by atoms with Gasteiger partial charge in [0.2, 0.25) is 0 Å². The SMILES string of the molecule is CC1COCCC12CC(=O)c1cc(Br)ccc1O2. The summed E-state index contributed by atoms with van der Waals surface area (Å²) >= 11 is 3.39. The lowest BCUT2D eigenvalue weighted by Gasteiger charge is -2.44. The molecule has 2 heterocycles. The Balaban J connectivity index is 2.00. The van der Waals surface area contributed by atoms with Gasteiger partial charge in [0.15, 0.2) is 5.78 Å². The molecule has 0 bridgehead atoms. The molecule has 1 aromatic carbocycles. The molecule has 3 rings (SSSR count). The molecule has 2 unspecified atom stereocenters. The van der Waals surface area contributed by atoms with Crippen LogP contribution in [0.15, 0.2) is 22.7 Å². The van der Waals surface area contributed by atoms with Crippen LogP contribution in [0.3, 0.4) is 0 Å². The van der Waals surface area contributed by atoms with Crippen LogP contribution >= 0.6 is 15.9 Å². The zero-order valence-corrected chi connectivity index (χ0v) is 11.8. The summed E-state index contributed by atoms with van der Waals surface area (Å²) in [6, 6.07) is 5.63. The highest BCUT2D eigenvalue weighted by molar-refractivity contribution is 9.10. The third-order valence-corrected chi connectivity index (χ3v) is 4.44. The second kappa shape index (κ2) is 4.35. The van der Waals surface area contributed by atoms with E-state index in [-0.39, 0.29) is 17.3 Å². The molecule has 1 fully saturated rings. The van der Waals surface area contributed by atoms with Gasteiger partial charge in [-0.05, 0) is 18.2 Å². The Morgan fingerprint density at radius 3 is 3.06 bits per heavy atom. The maximum absolute atomic E-state index is 12.3. The van der Waals surface area contributed by atoms with Crippen molar-refractivity contribution in [2.45, 2.75) is 25.4 Å². The fourth-order valence-corrected chi connectivity index (χ4v) is 3.11. The zero-order chi connectivity index (χ0) is 12.8. The minimum atomic E-state index is -0.365. The number of carbonyl (C=O) groups excluding carboxylic acids is 1. The second-order valence-corrected chi connectivity index (χ2v) is 6.05. The van der Waals surface area contributed by atoms with Crippen LogP contribution in [-0.4, -0.2) is 24.6 Å². The van der Waals surface area contributed by atoms with Crippen molar-refractivity contribution in [3.05, 3.63) is 28.2 Å². The van der Waals surface area contributed by atoms with Crippen LogP contribution in [0.25, 0.3) is 0 Å². The first-order chi connectivity index (χ1) is 8.61. The molecular formula is C14H15BrO3. The Hall–Kier alpha value is -0.870. The van der Waals surface area contributed by atoms with E-state index in [9.17, 15) is 4.79 Å². The molecule has 1 spiro atoms. The van der Waals surface area contributed by atoms with Crippen LogP contribution in [0.4, 0.5) is 0 Å². The minimum absolute atomic E-state index is 0.173. The van der Waals surface area contributed by atoms with Gasteiger partial charge in [0.1, 0.15) is 11.4 Å². The summed E-state index contributed by atoms with van der Waals surface area (Å²) in [6.45, 7) is 3.43. The van der Waals surface area contributed by atoms with Gasteiger partial charge in [0.05, 0.1) is 25.2 Å². The largest absolute Gasteiger partial charge is 0.486 e. The number of carbonyl (C=O) groups is 1. The van der Waals surface area contributed by atoms with E-state index in [1.54, 1.807) is 0 Å². The topological polar surface area (TPSA) is 35.5 Å². The molecule has 1 saturated heterocycles. The van der Waals surface area contributed by atoms with E-state index in [1.165, 1.54) is 0 Å². The summed E-state index contributed by atoms with van der Waals surface area (Å²) in [5, 5.41) is 0. The van der Waals surface area contributed by atoms with Gasteiger partial charge in [-0.2, -0.15) is 0 Å². The number of ether oxygens (including phenoxy) is 2. The fourth-order valence-electron chi connectivity index (χ4n) is 2.75. The van der Waals surface area contributed by atoms with Crippen molar-refractivity contribution in [1.82, 2.24) is 0 Å². The van der Waals surface area contributed by atoms with Crippen molar-refractivity contribution in [2.75, 3.05) is 13.2 Å². The van der Waals surface area contributed by atoms with Crippen molar-refractivity contribution in [1.29, 1.82) is 0 Å². The van der Waals surface area contributed by atoms with Crippen LogP contribution in [0.2, 0.25) is 0 Å². The third-order valence-electron chi connectivity index (χ3n) is 3.95. The standard InChI is InChI=1S/C14H15BrO3/c1-9-8-17-5-4-14(9)7-12(16)11-6-10(15)2-3-13(11)18-14/h2-3,6,9H,4-5,7-8H2,1H3. The fraction of sp³-hybridized carbons (Fsp3) is 0.500. The lowest BCUT2D eigenvalue weighted by atomic mass is 9.77. The summed E-state index contributed by atoms with van der Waals surface area (Å²) < 4.78 is 12.5. The van der Waals surface area contributed by atoms with Gasteiger partial charge >= 0.3 is 0 Å². The number of halogens is 1. The van der Waals surface area contributed by atoms with Gasteiger partial charge < -0.3 is 9.47 Å². The maximum atomic E-state index is 12.3. The van der Waals surface area contributed by atoms with Gasteiger partial charge in [0, 0.05) is 16.8 Å². The molecule has 18 heavy (non-hydrogen) atoms. The first kappa shape index (κ1) is 12.2. The van der Waals surface area contributed by atoms with Gasteiger partial charge in [0.25, 0.3) is 0 Å². The van der Waals surface area contributed by atoms with Crippen molar-refractivity contribution in [3.8, 4) is 5.75 Å². The van der Waals surface area contributed by atoms with E-state index in [2.05, 4.69) is 22.9 Å². The van der Waals surface area contributed by atoms with Crippen LogP contribution in [-0.2, 0) is 4.74 Å². The number of rotatable bonds is 0. The van der Waals surface area contributed by atoms with Gasteiger partial charge in [-0.3, -0.25) is 4.79 Å². The molecule has 1 aromatic rings. The average molecular weight is 311 g/mol. The lowest BCUT2D eigenvalue weighted by molar-refractivity contribution is -0.0917. The summed E-state index contributed by atoms with van der Waals surface area (Å²) in [5.74, 6) is 1.13. The molecule has 0 radical (unpaired) electrons. The molecule has 0 N–H and O–H groups in total. The number of hydrogen-bond donors (Lipinski definition) is 0. The lowest BCUT2D eigenvalue weighted by Crippen LogP contribution is -2.52. The predicted molar refractivity (Wildman–Crippen MR) is 71.0 cm³/mol. The Bertz CT molecular complexity index is 500. The minimum Gasteiger partial charge on any atom is -0.486 e. The van der Waals surface area contributed by atoms with Gasteiger partial charge in [-0.1, -0.05) is 22.9 Å². The van der Waals surface area contributed by atoms with E-state index in [4.69, 9.17) is 9.47 Å². The molecule has 0 saturated carbocycles. The van der Waals surface area contributed by atoms with Gasteiger partial charge in [-0.15, -0.1) is 0 Å². The maximum Gasteiger partial charge on any atom is 0.170 e. The van der Waals surface area contributed by atoms with E-state index < -0.39 is 0 Å². The number of ketones is 1. The van der Waals surface area contributed by atoms with E-state index in [0.29, 0.717) is 30.9 Å². The number of hydrogen-bond acceptors (Lipinski definition) is 3. The quantitative estimate of drug-likeness (QED) is 0.738. The van der Waals surface area contributed by atoms with Crippen molar-refractivity contribution < 1.29 is 14.3 Å². The molecule has 0 aliphatic carbocycles. The molecule has 3 nitrogen and oxygen atoms in total. The molecule has 2 atom stereocenters. The zero-order valence-electron chi connectivity index (χ0n) is 10.2. The second-order valence-electron chi connectivity index (χ2n) is 5.13. The Kier molecular flexibility index (Phi) is 2.94. The highest BCUT2D eigenvalue weighted by Gasteiger charge is 2.46. The molecule has 2 aliphatic heterocycles. The Morgan fingerprint density at radius 2 is 2.28 bits per heavy atom. The van der Waals surface area contributed by atoms with Crippen molar-refractivity contribution >= 4 is 21.7 Å². The van der Waals surface area contributed by atoms with Crippen LogP contribution in [0.1, 0.15) is 30.1 Å². The van der Waals surface area contributed by atoms with Crippen molar-refractivity contribution in [2.24, 2.45) is 5.92 Å². The number of fused-ring (bicyclic) bond motifs is 1. The highest BCUT2D eigenvalue weighted by atomic mass is 79.9. The molecule has 96 valence electrons. The summed E-state index contributed by atoms with van der Waals surface area (Å²) in [5.41, 5.74) is 0.324. The number of benzene rings is 1. The van der Waals surface area contributed by atoms with Gasteiger partial charge in [-0.25, -0.2) is 0 Å². The Morgan fingerprint density at radius 1 is 1.44 bits per heavy atom. The normalized spacial score (nSPS) is 31.0. The summed E-state index contributed by atoms with van der Waals surface area (Å²) in [4.78, 5) is 12.3. The highest BCUT2D eigenvalue weighted by Crippen LogP contribution is 2.42. The molecule has 2 aliphatic rings. The molecule has 0 aromatic heterocycles. The van der Waals surface area contributed by atoms with E-state index in [0.717, 1.165) is 10.9 Å². The first-order valence-corrected chi connectivity index (χ1v) is 6.99. The van der Waals surface area contributed by atoms with E-state index in [1.807, 2.05) is 18.2 Å². The summed E-state index contributed by atoms with van der Waals surface area (Å²) in [6.07, 6.45) is 1.25. The average Bonchev–Trinajstić information content (AvgIpc) is 2.34. The van der Waals surface area contributed by atoms with Crippen LogP contribution in [0.5, 0.6) is 5.75 Å². The molecule has 4 heteroatoms. The smallest absolute Gasteiger partial charge is 0.170 e. The van der Waals surface area contributed by atoms with Crippen molar-refractivity contribution in [3.63, 3.8) is 0 Å².